The highest BCUT2D eigenvalue weighted by Crippen LogP contribution is 2.20. The fourth-order valence-electron chi connectivity index (χ4n) is 1.42. The van der Waals surface area contributed by atoms with Gasteiger partial charge in [0, 0.05) is 38.8 Å². The highest BCUT2D eigenvalue weighted by atomic mass is 16.5. The number of nitrogens with zero attached hydrogens (tertiary/aromatic N) is 1. The van der Waals surface area contributed by atoms with Crippen LogP contribution in [0.4, 0.5) is 0 Å². The Labute approximate surface area is 107 Å². The lowest BCUT2D eigenvalue weighted by Gasteiger charge is -2.11. The number of methoxy groups -OCH3 is 1. The number of hydrogen-bond acceptors (Lipinski definition) is 5. The van der Waals surface area contributed by atoms with E-state index < -0.39 is 0 Å². The van der Waals surface area contributed by atoms with Gasteiger partial charge in [-0.2, -0.15) is 0 Å². The molecule has 0 unspecified atom stereocenters. The number of esters is 1. The third-order valence-electron chi connectivity index (χ3n) is 2.42. The predicted octanol–water partition coefficient (Wildman–Crippen LogP) is 1.87. The van der Waals surface area contributed by atoms with Gasteiger partial charge < -0.3 is 14.2 Å². The smallest absolute Gasteiger partial charge is 0.303 e. The summed E-state index contributed by atoms with van der Waals surface area (Å²) in [4.78, 5) is 14.9. The Balaban J connectivity index is 2.57. The minimum absolute atomic E-state index is 0.177. The Morgan fingerprint density at radius 3 is 2.83 bits per heavy atom. The molecule has 100 valence electrons. The Bertz CT molecular complexity index is 393. The third-order valence-corrected chi connectivity index (χ3v) is 2.42. The van der Waals surface area contributed by atoms with Gasteiger partial charge in [0.1, 0.15) is 12.4 Å². The summed E-state index contributed by atoms with van der Waals surface area (Å²) in [5.41, 5.74) is 1.62. The van der Waals surface area contributed by atoms with Crippen molar-refractivity contribution < 1.29 is 19.0 Å². The molecule has 0 fully saturated rings. The van der Waals surface area contributed by atoms with Crippen LogP contribution in [0.2, 0.25) is 0 Å². The molecule has 5 nitrogen and oxygen atoms in total. The van der Waals surface area contributed by atoms with Crippen LogP contribution in [0.3, 0.4) is 0 Å². The summed E-state index contributed by atoms with van der Waals surface area (Å²) in [7, 11) is 1.66. The molecule has 0 saturated carbocycles. The van der Waals surface area contributed by atoms with Crippen LogP contribution < -0.4 is 4.74 Å². The van der Waals surface area contributed by atoms with Crippen molar-refractivity contribution in [3.63, 3.8) is 0 Å². The zero-order valence-corrected chi connectivity index (χ0v) is 11.1. The summed E-state index contributed by atoms with van der Waals surface area (Å²) in [5, 5.41) is 0. The number of carbonyl (C=O) groups is 1. The average molecular weight is 253 g/mol. The molecule has 0 N–H and O–H groups in total. The summed E-state index contributed by atoms with van der Waals surface area (Å²) in [5.74, 6) is 0.450. The zero-order chi connectivity index (χ0) is 13.4. The molecular weight excluding hydrogens is 234 g/mol. The maximum Gasteiger partial charge on any atom is 0.303 e. The van der Waals surface area contributed by atoms with Crippen molar-refractivity contribution in [2.45, 2.75) is 26.9 Å². The van der Waals surface area contributed by atoms with Crippen molar-refractivity contribution in [3.05, 3.63) is 23.5 Å². The molecule has 0 saturated heterocycles. The van der Waals surface area contributed by atoms with Crippen LogP contribution in [0.15, 0.2) is 12.3 Å². The number of hydrogen-bond donors (Lipinski definition) is 0. The van der Waals surface area contributed by atoms with Gasteiger partial charge in [-0.05, 0) is 13.0 Å². The van der Waals surface area contributed by atoms with Crippen LogP contribution in [0.1, 0.15) is 24.6 Å². The fraction of sp³-hybridized carbons (Fsp3) is 0.538. The first-order chi connectivity index (χ1) is 8.65. The highest BCUT2D eigenvalue weighted by Gasteiger charge is 2.07. The highest BCUT2D eigenvalue weighted by molar-refractivity contribution is 5.65. The molecule has 1 aromatic heterocycles. The maximum atomic E-state index is 10.8. The van der Waals surface area contributed by atoms with Crippen molar-refractivity contribution in [1.82, 2.24) is 4.98 Å². The number of aromatic nitrogens is 1. The zero-order valence-electron chi connectivity index (χ0n) is 11.1. The van der Waals surface area contributed by atoms with Crippen molar-refractivity contribution in [2.24, 2.45) is 0 Å². The first kappa shape index (κ1) is 14.4. The molecule has 0 radical (unpaired) electrons. The minimum Gasteiger partial charge on any atom is -0.493 e. The van der Waals surface area contributed by atoms with Gasteiger partial charge in [0.25, 0.3) is 0 Å². The van der Waals surface area contributed by atoms with Crippen LogP contribution in [-0.2, 0) is 20.9 Å². The van der Waals surface area contributed by atoms with Crippen LogP contribution in [0.25, 0.3) is 0 Å². The van der Waals surface area contributed by atoms with E-state index in [1.807, 2.05) is 6.92 Å². The molecular formula is C13H19NO4. The van der Waals surface area contributed by atoms with Crippen molar-refractivity contribution in [2.75, 3.05) is 20.3 Å². The largest absolute Gasteiger partial charge is 0.493 e. The van der Waals surface area contributed by atoms with Gasteiger partial charge in [0.05, 0.1) is 12.3 Å². The van der Waals surface area contributed by atoms with Crippen LogP contribution in [0.5, 0.6) is 5.75 Å². The third kappa shape index (κ3) is 4.71. The Hall–Kier alpha value is -1.62. The molecule has 0 amide bonds. The monoisotopic (exact) mass is 253 g/mol. The Kier molecular flexibility index (Phi) is 6.14. The van der Waals surface area contributed by atoms with E-state index in [9.17, 15) is 4.79 Å². The summed E-state index contributed by atoms with van der Waals surface area (Å²) >= 11 is 0. The quantitative estimate of drug-likeness (QED) is 0.548. The second-order valence-electron chi connectivity index (χ2n) is 3.86. The molecule has 0 atom stereocenters. The molecule has 0 aromatic carbocycles. The predicted molar refractivity (Wildman–Crippen MR) is 66.4 cm³/mol. The number of carbonyl (C=O) groups excluding carboxylic acids is 1. The van der Waals surface area contributed by atoms with E-state index >= 15 is 0 Å². The molecule has 0 aliphatic carbocycles. The van der Waals surface area contributed by atoms with Gasteiger partial charge in [0.2, 0.25) is 0 Å². The minimum atomic E-state index is -0.317. The molecule has 5 heteroatoms. The normalized spacial score (nSPS) is 10.2. The number of pyridine rings is 1. The van der Waals surface area contributed by atoms with Crippen LogP contribution >= 0.6 is 0 Å². The first-order valence-electron chi connectivity index (χ1n) is 5.84. The molecule has 0 bridgehead atoms. The molecule has 0 aliphatic rings. The Morgan fingerprint density at radius 1 is 1.39 bits per heavy atom. The molecule has 18 heavy (non-hydrogen) atoms. The lowest BCUT2D eigenvalue weighted by molar-refractivity contribution is -0.142. The SMILES string of the molecule is COCCCOc1ccnc(COC(C)=O)c1C. The molecule has 1 heterocycles. The van der Waals surface area contributed by atoms with Crippen LogP contribution in [-0.4, -0.2) is 31.3 Å². The summed E-state index contributed by atoms with van der Waals surface area (Å²) < 4.78 is 15.5. The second kappa shape index (κ2) is 7.66. The van der Waals surface area contributed by atoms with E-state index in [1.54, 1.807) is 19.4 Å². The van der Waals surface area contributed by atoms with Gasteiger partial charge in [-0.25, -0.2) is 0 Å². The summed E-state index contributed by atoms with van der Waals surface area (Å²) in [6.07, 6.45) is 2.48. The first-order valence-corrected chi connectivity index (χ1v) is 5.84. The molecule has 1 aromatic rings. The number of rotatable bonds is 7. The molecule has 0 aliphatic heterocycles. The van der Waals surface area contributed by atoms with E-state index in [2.05, 4.69) is 4.98 Å². The van der Waals surface area contributed by atoms with Gasteiger partial charge in [-0.15, -0.1) is 0 Å². The Morgan fingerprint density at radius 2 is 2.17 bits per heavy atom. The van der Waals surface area contributed by atoms with Gasteiger partial charge in [-0.1, -0.05) is 0 Å². The molecule has 0 spiro atoms. The lowest BCUT2D eigenvalue weighted by atomic mass is 10.2. The van der Waals surface area contributed by atoms with Crippen molar-refractivity contribution >= 4 is 5.97 Å². The van der Waals surface area contributed by atoms with Crippen molar-refractivity contribution in [3.8, 4) is 5.75 Å². The van der Waals surface area contributed by atoms with E-state index in [1.165, 1.54) is 6.92 Å². The summed E-state index contributed by atoms with van der Waals surface area (Å²) in [6.45, 7) is 4.71. The van der Waals surface area contributed by atoms with Gasteiger partial charge in [-0.3, -0.25) is 9.78 Å². The van der Waals surface area contributed by atoms with E-state index in [0.29, 0.717) is 13.2 Å². The van der Waals surface area contributed by atoms with E-state index in [-0.39, 0.29) is 12.6 Å². The second-order valence-corrected chi connectivity index (χ2v) is 3.86. The fourth-order valence-corrected chi connectivity index (χ4v) is 1.42. The standard InChI is InChI=1S/C13H19NO4/c1-10-12(9-18-11(2)15)14-6-5-13(10)17-8-4-7-16-3/h5-6H,4,7-9H2,1-3H3. The van der Waals surface area contributed by atoms with Gasteiger partial charge in [0.15, 0.2) is 0 Å². The topological polar surface area (TPSA) is 57.6 Å². The van der Waals surface area contributed by atoms with Crippen LogP contribution in [0, 0.1) is 6.92 Å². The van der Waals surface area contributed by atoms with E-state index in [0.717, 1.165) is 23.4 Å². The molecule has 1 rings (SSSR count). The average Bonchev–Trinajstić information content (AvgIpc) is 2.35. The van der Waals surface area contributed by atoms with Gasteiger partial charge >= 0.3 is 5.97 Å². The van der Waals surface area contributed by atoms with Crippen molar-refractivity contribution in [1.29, 1.82) is 0 Å². The maximum absolute atomic E-state index is 10.8. The summed E-state index contributed by atoms with van der Waals surface area (Å²) in [6, 6.07) is 1.80. The number of ether oxygens (including phenoxy) is 3. The lowest BCUT2D eigenvalue weighted by Crippen LogP contribution is -2.06. The van der Waals surface area contributed by atoms with E-state index in [4.69, 9.17) is 14.2 Å².